The Morgan fingerprint density at radius 2 is 1.76 bits per heavy atom. The van der Waals surface area contributed by atoms with Crippen LogP contribution in [-0.4, -0.2) is 6.21 Å². The molecule has 0 fully saturated rings. The Bertz CT molecular complexity index is 523. The summed E-state index contributed by atoms with van der Waals surface area (Å²) in [5, 5.41) is 4.66. The molecule has 0 aliphatic rings. The fraction of sp³-hybridized carbons (Fsp3) is 0. The summed E-state index contributed by atoms with van der Waals surface area (Å²) in [6.07, 6.45) is 1.62. The second-order valence-corrected chi connectivity index (χ2v) is 3.81. The van der Waals surface area contributed by atoms with E-state index in [-0.39, 0.29) is 5.82 Å². The van der Waals surface area contributed by atoms with Crippen LogP contribution in [0.25, 0.3) is 0 Å². The fourth-order valence-electron chi connectivity index (χ4n) is 1.28. The van der Waals surface area contributed by atoms with Gasteiger partial charge in [-0.2, -0.15) is 5.10 Å². The molecule has 0 amide bonds. The minimum Gasteiger partial charge on any atom is -0.279 e. The summed E-state index contributed by atoms with van der Waals surface area (Å²) < 4.78 is 12.6. The summed E-state index contributed by atoms with van der Waals surface area (Å²) >= 11 is 5.96. The van der Waals surface area contributed by atoms with Crippen LogP contribution in [0.2, 0.25) is 5.02 Å². The van der Waals surface area contributed by atoms with Gasteiger partial charge in [-0.15, -0.1) is 0 Å². The summed E-state index contributed by atoms with van der Waals surface area (Å²) in [4.78, 5) is 0. The maximum absolute atomic E-state index is 12.6. The first-order valence-electron chi connectivity index (χ1n) is 5.05. The van der Waals surface area contributed by atoms with E-state index in [0.29, 0.717) is 5.02 Å². The molecule has 17 heavy (non-hydrogen) atoms. The molecular formula is C13H10ClFN2. The van der Waals surface area contributed by atoms with E-state index < -0.39 is 0 Å². The molecule has 0 aliphatic carbocycles. The van der Waals surface area contributed by atoms with Crippen molar-refractivity contribution in [2.24, 2.45) is 5.10 Å². The van der Waals surface area contributed by atoms with E-state index in [4.69, 9.17) is 11.6 Å². The second-order valence-electron chi connectivity index (χ2n) is 3.40. The molecule has 0 radical (unpaired) electrons. The monoisotopic (exact) mass is 248 g/mol. The zero-order valence-electron chi connectivity index (χ0n) is 8.90. The fourth-order valence-corrected chi connectivity index (χ4v) is 1.47. The van der Waals surface area contributed by atoms with E-state index in [2.05, 4.69) is 10.5 Å². The summed E-state index contributed by atoms with van der Waals surface area (Å²) in [5.74, 6) is -0.273. The number of benzene rings is 2. The minimum absolute atomic E-state index is 0.273. The number of nitrogens with one attached hydrogen (secondary N) is 1. The molecule has 0 unspecified atom stereocenters. The summed E-state index contributed by atoms with van der Waals surface area (Å²) in [6.45, 7) is 0. The average molecular weight is 249 g/mol. The van der Waals surface area contributed by atoms with E-state index in [1.165, 1.54) is 12.1 Å². The highest BCUT2D eigenvalue weighted by atomic mass is 35.5. The summed E-state index contributed by atoms with van der Waals surface area (Å²) in [5.41, 5.74) is 4.33. The van der Waals surface area contributed by atoms with Gasteiger partial charge in [0.1, 0.15) is 5.82 Å². The molecule has 0 aromatic heterocycles. The zero-order chi connectivity index (χ0) is 12.1. The Labute approximate surface area is 104 Å². The van der Waals surface area contributed by atoms with Crippen molar-refractivity contribution in [1.29, 1.82) is 0 Å². The third-order valence-electron chi connectivity index (χ3n) is 2.15. The number of halogens is 2. The molecule has 0 atom stereocenters. The predicted molar refractivity (Wildman–Crippen MR) is 69.1 cm³/mol. The van der Waals surface area contributed by atoms with Crippen LogP contribution in [-0.2, 0) is 0 Å². The largest absolute Gasteiger partial charge is 0.279 e. The van der Waals surface area contributed by atoms with Crippen LogP contribution in [0.15, 0.2) is 53.6 Å². The number of hydrogen-bond donors (Lipinski definition) is 1. The predicted octanol–water partition coefficient (Wildman–Crippen LogP) is 3.93. The van der Waals surface area contributed by atoms with Gasteiger partial charge in [0.2, 0.25) is 0 Å². The number of nitrogens with zero attached hydrogens (tertiary/aromatic N) is 1. The lowest BCUT2D eigenvalue weighted by molar-refractivity contribution is 0.628. The summed E-state index contributed by atoms with van der Waals surface area (Å²) in [6, 6.07) is 13.3. The molecule has 2 rings (SSSR count). The van der Waals surface area contributed by atoms with Crippen molar-refractivity contribution in [3.05, 3.63) is 64.9 Å². The van der Waals surface area contributed by atoms with E-state index in [1.807, 2.05) is 18.2 Å². The third-order valence-corrected chi connectivity index (χ3v) is 2.49. The van der Waals surface area contributed by atoms with E-state index >= 15 is 0 Å². The SMILES string of the molecule is Fc1ccc(N/N=C/c2ccccc2Cl)cc1. The number of hydrogen-bond acceptors (Lipinski definition) is 2. The van der Waals surface area contributed by atoms with Gasteiger partial charge in [-0.1, -0.05) is 29.8 Å². The second kappa shape index (κ2) is 5.46. The zero-order valence-corrected chi connectivity index (χ0v) is 9.66. The van der Waals surface area contributed by atoms with Gasteiger partial charge < -0.3 is 0 Å². The highest BCUT2D eigenvalue weighted by Gasteiger charge is 1.94. The lowest BCUT2D eigenvalue weighted by Crippen LogP contribution is -1.91. The van der Waals surface area contributed by atoms with Gasteiger partial charge >= 0.3 is 0 Å². The quantitative estimate of drug-likeness (QED) is 0.646. The maximum atomic E-state index is 12.6. The Morgan fingerprint density at radius 3 is 2.47 bits per heavy atom. The Balaban J connectivity index is 2.03. The van der Waals surface area contributed by atoms with Gasteiger partial charge in [-0.05, 0) is 30.3 Å². The van der Waals surface area contributed by atoms with Gasteiger partial charge in [0.05, 0.1) is 11.9 Å². The highest BCUT2D eigenvalue weighted by Crippen LogP contribution is 2.13. The molecule has 0 saturated heterocycles. The van der Waals surface area contributed by atoms with Crippen LogP contribution in [0.4, 0.5) is 10.1 Å². The van der Waals surface area contributed by atoms with Crippen molar-refractivity contribution < 1.29 is 4.39 Å². The van der Waals surface area contributed by atoms with Crippen LogP contribution in [0, 0.1) is 5.82 Å². The lowest BCUT2D eigenvalue weighted by Gasteiger charge is -2.00. The van der Waals surface area contributed by atoms with E-state index in [9.17, 15) is 4.39 Å². The molecule has 2 nitrogen and oxygen atoms in total. The molecule has 2 aromatic rings. The standard InChI is InChI=1S/C13H10ClFN2/c14-13-4-2-1-3-10(13)9-16-17-12-7-5-11(15)6-8-12/h1-9,17H/b16-9+. The Kier molecular flexibility index (Phi) is 3.73. The van der Waals surface area contributed by atoms with E-state index in [0.717, 1.165) is 11.3 Å². The molecule has 0 saturated carbocycles. The third kappa shape index (κ3) is 3.29. The van der Waals surface area contributed by atoms with Crippen molar-refractivity contribution in [3.8, 4) is 0 Å². The topological polar surface area (TPSA) is 24.4 Å². The molecule has 0 heterocycles. The van der Waals surface area contributed by atoms with Gasteiger partial charge in [0.15, 0.2) is 0 Å². The average Bonchev–Trinajstić information content (AvgIpc) is 2.34. The van der Waals surface area contributed by atoms with Crippen molar-refractivity contribution in [2.75, 3.05) is 5.43 Å². The minimum atomic E-state index is -0.273. The normalized spacial score (nSPS) is 10.7. The first kappa shape index (κ1) is 11.6. The number of rotatable bonds is 3. The summed E-state index contributed by atoms with van der Waals surface area (Å²) in [7, 11) is 0. The lowest BCUT2D eigenvalue weighted by atomic mass is 10.2. The number of hydrazone groups is 1. The maximum Gasteiger partial charge on any atom is 0.123 e. The van der Waals surface area contributed by atoms with Crippen LogP contribution in [0.1, 0.15) is 5.56 Å². The molecule has 1 N–H and O–H groups in total. The van der Waals surface area contributed by atoms with Crippen LogP contribution in [0.3, 0.4) is 0 Å². The molecule has 4 heteroatoms. The van der Waals surface area contributed by atoms with Crippen molar-refractivity contribution >= 4 is 23.5 Å². The first-order chi connectivity index (χ1) is 8.25. The van der Waals surface area contributed by atoms with E-state index in [1.54, 1.807) is 24.4 Å². The molecule has 0 spiro atoms. The first-order valence-corrected chi connectivity index (χ1v) is 5.43. The Hall–Kier alpha value is -1.87. The van der Waals surface area contributed by atoms with Crippen molar-refractivity contribution in [1.82, 2.24) is 0 Å². The van der Waals surface area contributed by atoms with Crippen molar-refractivity contribution in [3.63, 3.8) is 0 Å². The van der Waals surface area contributed by atoms with Crippen LogP contribution < -0.4 is 5.43 Å². The van der Waals surface area contributed by atoms with Crippen molar-refractivity contribution in [2.45, 2.75) is 0 Å². The van der Waals surface area contributed by atoms with Crippen LogP contribution >= 0.6 is 11.6 Å². The smallest absolute Gasteiger partial charge is 0.123 e. The van der Waals surface area contributed by atoms with Crippen LogP contribution in [0.5, 0.6) is 0 Å². The highest BCUT2D eigenvalue weighted by molar-refractivity contribution is 6.33. The number of anilines is 1. The molecular weight excluding hydrogens is 239 g/mol. The molecule has 86 valence electrons. The Morgan fingerprint density at radius 1 is 1.06 bits per heavy atom. The molecule has 0 bridgehead atoms. The van der Waals surface area contributed by atoms with Gasteiger partial charge in [0, 0.05) is 10.6 Å². The van der Waals surface area contributed by atoms with Gasteiger partial charge in [0.25, 0.3) is 0 Å². The molecule has 0 aliphatic heterocycles. The van der Waals surface area contributed by atoms with Gasteiger partial charge in [-0.3, -0.25) is 5.43 Å². The van der Waals surface area contributed by atoms with Gasteiger partial charge in [-0.25, -0.2) is 4.39 Å². The molecule has 2 aromatic carbocycles.